The van der Waals surface area contributed by atoms with Gasteiger partial charge in [-0.05, 0) is 45.0 Å². The lowest BCUT2D eigenvalue weighted by atomic mass is 10.1. The predicted molar refractivity (Wildman–Crippen MR) is 98.7 cm³/mol. The molecule has 0 saturated heterocycles. The monoisotopic (exact) mass is 346 g/mol. The highest BCUT2D eigenvalue weighted by Crippen LogP contribution is 2.16. The molecule has 2 aromatic carbocycles. The van der Waals surface area contributed by atoms with E-state index in [9.17, 15) is 4.79 Å². The molecule has 0 aliphatic rings. The van der Waals surface area contributed by atoms with Gasteiger partial charge in [0.15, 0.2) is 0 Å². The topological polar surface area (TPSA) is 32.3 Å². The van der Waals surface area contributed by atoms with Crippen molar-refractivity contribution in [2.75, 3.05) is 0 Å². The number of nitrogens with one attached hydrogen (secondary N) is 1. The number of thiocarbonyl (C=S) groups is 1. The molecule has 0 aliphatic carbocycles. The number of hydrogen-bond donors (Lipinski definition) is 1. The van der Waals surface area contributed by atoms with E-state index >= 15 is 0 Å². The summed E-state index contributed by atoms with van der Waals surface area (Å²) in [4.78, 5) is 13.3. The van der Waals surface area contributed by atoms with Crippen molar-refractivity contribution >= 4 is 34.7 Å². The van der Waals surface area contributed by atoms with Crippen LogP contribution in [0.4, 0.5) is 0 Å². The molecule has 0 radical (unpaired) electrons. The lowest BCUT2D eigenvalue weighted by Gasteiger charge is -2.36. The lowest BCUT2D eigenvalue weighted by Crippen LogP contribution is -2.55. The second-order valence-electron chi connectivity index (χ2n) is 6.13. The van der Waals surface area contributed by atoms with E-state index in [4.69, 9.17) is 23.8 Å². The third-order valence-corrected chi connectivity index (χ3v) is 3.79. The van der Waals surface area contributed by atoms with Gasteiger partial charge in [-0.3, -0.25) is 10.2 Å². The molecule has 1 N–H and O–H groups in total. The molecule has 3 nitrogen and oxygen atoms in total. The minimum Gasteiger partial charge on any atom is -0.284 e. The molecule has 0 heterocycles. The van der Waals surface area contributed by atoms with E-state index in [0.29, 0.717) is 15.6 Å². The SMILES string of the molecule is CC(C)(C)N(NC(=S)c1ccc(Cl)cc1)C(=O)c1ccccc1. The summed E-state index contributed by atoms with van der Waals surface area (Å²) in [5.41, 5.74) is 4.03. The van der Waals surface area contributed by atoms with Gasteiger partial charge in [0.25, 0.3) is 5.91 Å². The van der Waals surface area contributed by atoms with Gasteiger partial charge in [0.1, 0.15) is 4.99 Å². The van der Waals surface area contributed by atoms with Crippen LogP contribution in [0.25, 0.3) is 0 Å². The molecule has 1 amide bonds. The van der Waals surface area contributed by atoms with E-state index in [-0.39, 0.29) is 5.91 Å². The first-order valence-electron chi connectivity index (χ1n) is 7.25. The summed E-state index contributed by atoms with van der Waals surface area (Å²) in [7, 11) is 0. The Morgan fingerprint density at radius 2 is 1.57 bits per heavy atom. The fraction of sp³-hybridized carbons (Fsp3) is 0.222. The minimum atomic E-state index is -0.441. The molecule has 23 heavy (non-hydrogen) atoms. The highest BCUT2D eigenvalue weighted by atomic mass is 35.5. The summed E-state index contributed by atoms with van der Waals surface area (Å²) < 4.78 is 0. The molecular formula is C18H19ClN2OS. The van der Waals surface area contributed by atoms with Gasteiger partial charge in [-0.15, -0.1) is 0 Å². The Bertz CT molecular complexity index is 693. The van der Waals surface area contributed by atoms with Gasteiger partial charge >= 0.3 is 0 Å². The summed E-state index contributed by atoms with van der Waals surface area (Å²) in [6.45, 7) is 5.85. The normalized spacial score (nSPS) is 11.0. The van der Waals surface area contributed by atoms with Crippen molar-refractivity contribution in [3.63, 3.8) is 0 Å². The van der Waals surface area contributed by atoms with Crippen molar-refractivity contribution in [2.24, 2.45) is 0 Å². The molecule has 2 aromatic rings. The average Bonchev–Trinajstić information content (AvgIpc) is 2.52. The van der Waals surface area contributed by atoms with E-state index in [2.05, 4.69) is 5.43 Å². The summed E-state index contributed by atoms with van der Waals surface area (Å²) in [6, 6.07) is 16.3. The number of hydrogen-bond acceptors (Lipinski definition) is 2. The van der Waals surface area contributed by atoms with E-state index in [1.54, 1.807) is 29.3 Å². The van der Waals surface area contributed by atoms with Crippen LogP contribution in [-0.2, 0) is 0 Å². The average molecular weight is 347 g/mol. The first-order chi connectivity index (χ1) is 10.8. The summed E-state index contributed by atoms with van der Waals surface area (Å²) in [6.07, 6.45) is 0. The van der Waals surface area contributed by atoms with Crippen molar-refractivity contribution in [3.05, 3.63) is 70.7 Å². The van der Waals surface area contributed by atoms with Crippen LogP contribution < -0.4 is 5.43 Å². The second kappa shape index (κ2) is 7.11. The Morgan fingerprint density at radius 1 is 1.00 bits per heavy atom. The molecule has 0 aromatic heterocycles. The molecule has 0 spiro atoms. The van der Waals surface area contributed by atoms with Gasteiger partial charge in [0.2, 0.25) is 0 Å². The largest absolute Gasteiger partial charge is 0.284 e. The van der Waals surface area contributed by atoms with Crippen LogP contribution in [-0.4, -0.2) is 21.4 Å². The number of rotatable bonds is 2. The standard InChI is InChI=1S/C18H19ClN2OS/c1-18(2,3)21(17(22)14-7-5-4-6-8-14)20-16(23)13-9-11-15(19)12-10-13/h4-12H,1-3H3,(H,20,23). The number of carbonyl (C=O) groups excluding carboxylic acids is 1. The molecule has 120 valence electrons. The van der Waals surface area contributed by atoms with Gasteiger partial charge in [0, 0.05) is 16.1 Å². The van der Waals surface area contributed by atoms with Crippen LogP contribution >= 0.6 is 23.8 Å². The first kappa shape index (κ1) is 17.4. The molecule has 0 saturated carbocycles. The van der Waals surface area contributed by atoms with Gasteiger partial charge < -0.3 is 0 Å². The van der Waals surface area contributed by atoms with Crippen molar-refractivity contribution in [1.82, 2.24) is 10.4 Å². The fourth-order valence-electron chi connectivity index (χ4n) is 2.00. The fourth-order valence-corrected chi connectivity index (χ4v) is 2.35. The summed E-state index contributed by atoms with van der Waals surface area (Å²) >= 11 is 11.3. The zero-order valence-corrected chi connectivity index (χ0v) is 14.9. The Labute approximate surface area is 147 Å². The molecule has 2 rings (SSSR count). The maximum atomic E-state index is 12.8. The Hall–Kier alpha value is -1.91. The molecular weight excluding hydrogens is 328 g/mol. The van der Waals surface area contributed by atoms with E-state index in [1.807, 2.05) is 51.1 Å². The van der Waals surface area contributed by atoms with E-state index in [0.717, 1.165) is 5.56 Å². The lowest BCUT2D eigenvalue weighted by molar-refractivity contribution is 0.0500. The molecule has 0 aliphatic heterocycles. The third kappa shape index (κ3) is 4.53. The smallest absolute Gasteiger partial charge is 0.272 e. The van der Waals surface area contributed by atoms with Crippen molar-refractivity contribution < 1.29 is 4.79 Å². The Morgan fingerprint density at radius 3 is 2.09 bits per heavy atom. The highest BCUT2D eigenvalue weighted by Gasteiger charge is 2.28. The van der Waals surface area contributed by atoms with Crippen LogP contribution in [0.15, 0.2) is 54.6 Å². The van der Waals surface area contributed by atoms with Crippen molar-refractivity contribution in [2.45, 2.75) is 26.3 Å². The number of hydrazine groups is 1. The predicted octanol–water partition coefficient (Wildman–Crippen LogP) is 4.46. The van der Waals surface area contributed by atoms with Crippen LogP contribution in [0.2, 0.25) is 5.02 Å². The van der Waals surface area contributed by atoms with Crippen molar-refractivity contribution in [3.8, 4) is 0 Å². The molecule has 0 bridgehead atoms. The van der Waals surface area contributed by atoms with Gasteiger partial charge in [0.05, 0.1) is 5.54 Å². The first-order valence-corrected chi connectivity index (χ1v) is 8.04. The van der Waals surface area contributed by atoms with Gasteiger partial charge in [-0.25, -0.2) is 5.01 Å². The Balaban J connectivity index is 2.24. The second-order valence-corrected chi connectivity index (χ2v) is 6.97. The molecule has 0 fully saturated rings. The van der Waals surface area contributed by atoms with E-state index in [1.165, 1.54) is 0 Å². The number of carbonyl (C=O) groups is 1. The minimum absolute atomic E-state index is 0.130. The van der Waals surface area contributed by atoms with Crippen LogP contribution in [0.3, 0.4) is 0 Å². The summed E-state index contributed by atoms with van der Waals surface area (Å²) in [5, 5.41) is 2.20. The zero-order valence-electron chi connectivity index (χ0n) is 13.3. The Kier molecular flexibility index (Phi) is 5.39. The van der Waals surface area contributed by atoms with Crippen molar-refractivity contribution in [1.29, 1.82) is 0 Å². The van der Waals surface area contributed by atoms with E-state index < -0.39 is 5.54 Å². The highest BCUT2D eigenvalue weighted by molar-refractivity contribution is 7.80. The molecule has 0 unspecified atom stereocenters. The van der Waals surface area contributed by atoms with Crippen LogP contribution in [0, 0.1) is 0 Å². The number of halogens is 1. The van der Waals surface area contributed by atoms with Gasteiger partial charge in [-0.1, -0.05) is 54.2 Å². The zero-order chi connectivity index (χ0) is 17.0. The number of nitrogens with zero attached hydrogens (tertiary/aromatic N) is 1. The van der Waals surface area contributed by atoms with Crippen LogP contribution in [0.5, 0.6) is 0 Å². The van der Waals surface area contributed by atoms with Crippen LogP contribution in [0.1, 0.15) is 36.7 Å². The maximum absolute atomic E-state index is 12.8. The molecule has 5 heteroatoms. The quantitative estimate of drug-likeness (QED) is 0.643. The summed E-state index contributed by atoms with van der Waals surface area (Å²) in [5.74, 6) is -0.130. The van der Waals surface area contributed by atoms with Gasteiger partial charge in [-0.2, -0.15) is 0 Å². The number of benzene rings is 2. The third-order valence-electron chi connectivity index (χ3n) is 3.21. The number of amides is 1. The molecule has 0 atom stereocenters. The maximum Gasteiger partial charge on any atom is 0.272 e.